The number of phenolic OH excluding ortho intramolecular Hbond substituents is 1. The molecule has 0 unspecified atom stereocenters. The van der Waals surface area contributed by atoms with Crippen molar-refractivity contribution < 1.29 is 33.9 Å². The van der Waals surface area contributed by atoms with Crippen LogP contribution >= 0.6 is 0 Å². The Labute approximate surface area is 230 Å². The molecule has 40 heavy (non-hydrogen) atoms. The van der Waals surface area contributed by atoms with Crippen molar-refractivity contribution in [1.82, 2.24) is 5.32 Å². The average molecular weight is 545 g/mol. The second-order valence-corrected chi connectivity index (χ2v) is 9.87. The number of non-ortho nitro benzene ring substituents is 1. The van der Waals surface area contributed by atoms with Gasteiger partial charge >= 0.3 is 11.9 Å². The van der Waals surface area contributed by atoms with Gasteiger partial charge in [0.1, 0.15) is 5.75 Å². The van der Waals surface area contributed by atoms with Crippen LogP contribution < -0.4 is 5.32 Å². The van der Waals surface area contributed by atoms with E-state index < -0.39 is 39.8 Å². The van der Waals surface area contributed by atoms with Crippen LogP contribution in [-0.2, 0) is 25.5 Å². The SMILES string of the molecule is CCOC(=O)C1(C(=O)OCC)N[C@H](c2cc([N+](=O)[O-])ccc2O)[C@@]2(Cc3ccccc3C2=O)[C@H]1c1ccccc1. The maximum atomic E-state index is 14.6. The summed E-state index contributed by atoms with van der Waals surface area (Å²) in [6.07, 6.45) is 0.0852. The van der Waals surface area contributed by atoms with Gasteiger partial charge in [0, 0.05) is 29.2 Å². The Hall–Kier alpha value is -4.57. The molecular formula is C30H28N2O8. The smallest absolute Gasteiger partial charge is 0.338 e. The Kier molecular flexibility index (Phi) is 6.89. The predicted octanol–water partition coefficient (Wildman–Crippen LogP) is 4.02. The number of Topliss-reactive ketones (excluding diaryl/α,β-unsaturated/α-hetero) is 1. The highest BCUT2D eigenvalue weighted by molar-refractivity contribution is 6.13. The minimum absolute atomic E-state index is 0.00626. The molecule has 3 aromatic carbocycles. The molecule has 0 saturated carbocycles. The van der Waals surface area contributed by atoms with Crippen molar-refractivity contribution in [2.75, 3.05) is 13.2 Å². The van der Waals surface area contributed by atoms with Gasteiger partial charge < -0.3 is 14.6 Å². The molecule has 1 aliphatic carbocycles. The fourth-order valence-corrected chi connectivity index (χ4v) is 6.36. The maximum Gasteiger partial charge on any atom is 0.338 e. The summed E-state index contributed by atoms with van der Waals surface area (Å²) in [5, 5.41) is 25.8. The normalized spacial score (nSPS) is 22.6. The van der Waals surface area contributed by atoms with E-state index in [1.807, 2.05) is 0 Å². The summed E-state index contributed by atoms with van der Waals surface area (Å²) in [4.78, 5) is 53.6. The molecular weight excluding hydrogens is 516 g/mol. The van der Waals surface area contributed by atoms with Crippen LogP contribution in [0.25, 0.3) is 0 Å². The monoisotopic (exact) mass is 544 g/mol. The van der Waals surface area contributed by atoms with Crippen molar-refractivity contribution in [2.45, 2.75) is 37.8 Å². The fraction of sp³-hybridized carbons (Fsp3) is 0.300. The molecule has 1 saturated heterocycles. The lowest BCUT2D eigenvalue weighted by Crippen LogP contribution is -2.60. The number of hydrogen-bond donors (Lipinski definition) is 2. The molecule has 1 fully saturated rings. The number of nitrogens with one attached hydrogen (secondary N) is 1. The molecule has 206 valence electrons. The van der Waals surface area contributed by atoms with Crippen molar-refractivity contribution in [2.24, 2.45) is 5.41 Å². The Morgan fingerprint density at radius 3 is 2.23 bits per heavy atom. The van der Waals surface area contributed by atoms with E-state index in [4.69, 9.17) is 9.47 Å². The summed E-state index contributed by atoms with van der Waals surface area (Å²) in [6, 6.07) is 17.9. The van der Waals surface area contributed by atoms with Gasteiger partial charge in [0.2, 0.25) is 5.54 Å². The van der Waals surface area contributed by atoms with E-state index in [1.165, 1.54) is 12.1 Å². The molecule has 0 radical (unpaired) electrons. The minimum Gasteiger partial charge on any atom is -0.508 e. The number of nitro benzene ring substituents is 1. The molecule has 1 aliphatic heterocycles. The van der Waals surface area contributed by atoms with Crippen LogP contribution in [0, 0.1) is 15.5 Å². The molecule has 0 aromatic heterocycles. The van der Waals surface area contributed by atoms with Gasteiger partial charge in [0.15, 0.2) is 5.78 Å². The number of aromatic hydroxyl groups is 1. The Bertz CT molecular complexity index is 1490. The third-order valence-electron chi connectivity index (χ3n) is 7.86. The van der Waals surface area contributed by atoms with Gasteiger partial charge in [-0.1, -0.05) is 54.6 Å². The number of hydrogen-bond acceptors (Lipinski definition) is 9. The molecule has 0 amide bonds. The van der Waals surface area contributed by atoms with Crippen LogP contribution in [0.5, 0.6) is 5.75 Å². The lowest BCUT2D eigenvalue weighted by Gasteiger charge is -2.38. The van der Waals surface area contributed by atoms with Gasteiger partial charge in [0.25, 0.3) is 5.69 Å². The van der Waals surface area contributed by atoms with Crippen LogP contribution in [0.4, 0.5) is 5.69 Å². The second kappa shape index (κ2) is 10.2. The number of esters is 2. The first-order valence-electron chi connectivity index (χ1n) is 13.0. The van der Waals surface area contributed by atoms with Crippen LogP contribution in [0.15, 0.2) is 72.8 Å². The van der Waals surface area contributed by atoms with Crippen LogP contribution in [0.2, 0.25) is 0 Å². The van der Waals surface area contributed by atoms with E-state index in [0.29, 0.717) is 16.7 Å². The summed E-state index contributed by atoms with van der Waals surface area (Å²) in [5.74, 6) is -3.75. The summed E-state index contributed by atoms with van der Waals surface area (Å²) in [6.45, 7) is 3.08. The molecule has 10 heteroatoms. The van der Waals surface area contributed by atoms with Gasteiger partial charge in [-0.2, -0.15) is 0 Å². The molecule has 0 bridgehead atoms. The minimum atomic E-state index is -2.22. The zero-order chi connectivity index (χ0) is 28.7. The van der Waals surface area contributed by atoms with E-state index in [0.717, 1.165) is 6.07 Å². The van der Waals surface area contributed by atoms with Crippen LogP contribution in [0.1, 0.15) is 52.9 Å². The first kappa shape index (κ1) is 27.0. The van der Waals surface area contributed by atoms with Crippen LogP contribution in [-0.4, -0.2) is 46.5 Å². The number of nitro groups is 1. The Balaban J connectivity index is 1.89. The van der Waals surface area contributed by atoms with E-state index in [1.54, 1.807) is 68.4 Å². The highest BCUT2D eigenvalue weighted by atomic mass is 16.6. The first-order valence-corrected chi connectivity index (χ1v) is 13.0. The lowest BCUT2D eigenvalue weighted by atomic mass is 9.61. The third-order valence-corrected chi connectivity index (χ3v) is 7.86. The summed E-state index contributed by atoms with van der Waals surface area (Å²) in [5.41, 5.74) is -2.52. The average Bonchev–Trinajstić information content (AvgIpc) is 3.42. The number of carbonyl (C=O) groups excluding carboxylic acids is 3. The van der Waals surface area contributed by atoms with E-state index >= 15 is 0 Å². The fourth-order valence-electron chi connectivity index (χ4n) is 6.36. The number of phenols is 1. The van der Waals surface area contributed by atoms with Crippen molar-refractivity contribution >= 4 is 23.4 Å². The van der Waals surface area contributed by atoms with Crippen molar-refractivity contribution in [3.8, 4) is 5.75 Å². The van der Waals surface area contributed by atoms with Gasteiger partial charge in [-0.05, 0) is 37.5 Å². The van der Waals surface area contributed by atoms with E-state index in [-0.39, 0.29) is 42.4 Å². The van der Waals surface area contributed by atoms with Gasteiger partial charge in [0.05, 0.1) is 29.6 Å². The number of rotatable bonds is 7. The zero-order valence-electron chi connectivity index (χ0n) is 22.0. The standard InChI is InChI=1S/C30H28N2O8/c1-3-39-27(35)30(28(36)40-4-2)24(18-10-6-5-7-11-18)29(17-19-12-8-9-13-21(19)26(29)34)25(31-30)22-16-20(32(37)38)14-15-23(22)33/h5-16,24-25,31,33H,3-4,17H2,1-2H3/t24-,25-,29-/m1/s1. The topological polar surface area (TPSA) is 145 Å². The second-order valence-electron chi connectivity index (χ2n) is 9.87. The Morgan fingerprint density at radius 1 is 1.00 bits per heavy atom. The van der Waals surface area contributed by atoms with Crippen molar-refractivity contribution in [3.05, 3.63) is 105 Å². The molecule has 1 spiro atoms. The van der Waals surface area contributed by atoms with Crippen LogP contribution in [0.3, 0.4) is 0 Å². The van der Waals surface area contributed by atoms with Gasteiger partial charge in [-0.25, -0.2) is 9.59 Å². The third kappa shape index (κ3) is 3.86. The maximum absolute atomic E-state index is 14.6. The number of ether oxygens (including phenoxy) is 2. The molecule has 3 aromatic rings. The number of fused-ring (bicyclic) bond motifs is 1. The zero-order valence-corrected chi connectivity index (χ0v) is 22.0. The highest BCUT2D eigenvalue weighted by Crippen LogP contribution is 2.64. The quantitative estimate of drug-likeness (QED) is 0.195. The molecule has 5 rings (SSSR count). The Morgan fingerprint density at radius 2 is 1.62 bits per heavy atom. The predicted molar refractivity (Wildman–Crippen MR) is 143 cm³/mol. The van der Waals surface area contributed by atoms with Gasteiger partial charge in [-0.15, -0.1) is 0 Å². The van der Waals surface area contributed by atoms with E-state index in [9.17, 15) is 29.6 Å². The van der Waals surface area contributed by atoms with E-state index in [2.05, 4.69) is 5.32 Å². The summed E-state index contributed by atoms with van der Waals surface area (Å²) < 4.78 is 10.9. The first-order chi connectivity index (χ1) is 19.2. The number of nitrogens with zero attached hydrogens (tertiary/aromatic N) is 1. The molecule has 2 N–H and O–H groups in total. The van der Waals surface area contributed by atoms with Crippen molar-refractivity contribution in [1.29, 1.82) is 0 Å². The largest absolute Gasteiger partial charge is 0.508 e. The molecule has 2 aliphatic rings. The lowest BCUT2D eigenvalue weighted by molar-refractivity contribution is -0.385. The highest BCUT2D eigenvalue weighted by Gasteiger charge is 2.74. The summed E-state index contributed by atoms with van der Waals surface area (Å²) in [7, 11) is 0. The van der Waals surface area contributed by atoms with Gasteiger partial charge in [-0.3, -0.25) is 20.2 Å². The molecule has 1 heterocycles. The van der Waals surface area contributed by atoms with Crippen molar-refractivity contribution in [3.63, 3.8) is 0 Å². The molecule has 3 atom stereocenters. The summed E-state index contributed by atoms with van der Waals surface area (Å²) >= 11 is 0. The molecule has 10 nitrogen and oxygen atoms in total. The number of carbonyl (C=O) groups is 3. The number of ketones is 1. The number of benzene rings is 3.